The van der Waals surface area contributed by atoms with Gasteiger partial charge in [-0.25, -0.2) is 0 Å². The van der Waals surface area contributed by atoms with Gasteiger partial charge in [0.2, 0.25) is 0 Å². The first-order chi connectivity index (χ1) is 8.78. The van der Waals surface area contributed by atoms with Crippen molar-refractivity contribution in [1.82, 2.24) is 0 Å². The molecule has 0 aliphatic rings. The Balaban J connectivity index is 1.84. The molecule has 2 aromatic rings. The van der Waals surface area contributed by atoms with Gasteiger partial charge >= 0.3 is 0 Å². The molecule has 2 heteroatoms. The van der Waals surface area contributed by atoms with E-state index in [-0.39, 0.29) is 0 Å². The van der Waals surface area contributed by atoms with Crippen molar-refractivity contribution in [3.63, 3.8) is 0 Å². The number of hydrogen-bond acceptors (Lipinski definition) is 1. The van der Waals surface area contributed by atoms with E-state index in [1.807, 2.05) is 12.1 Å². The van der Waals surface area contributed by atoms with E-state index in [0.29, 0.717) is 0 Å². The SMILES string of the molecule is COc1ccc(C[NH2+]Cc2cccc(C)c2)cc1. The zero-order valence-corrected chi connectivity index (χ0v) is 11.0. The van der Waals surface area contributed by atoms with Gasteiger partial charge in [0.05, 0.1) is 7.11 Å². The number of methoxy groups -OCH3 is 1. The molecular weight excluding hydrogens is 222 g/mol. The lowest BCUT2D eigenvalue weighted by molar-refractivity contribution is -0.686. The van der Waals surface area contributed by atoms with E-state index in [1.165, 1.54) is 16.7 Å². The van der Waals surface area contributed by atoms with Crippen LogP contribution in [0, 0.1) is 6.92 Å². The molecule has 0 heterocycles. The van der Waals surface area contributed by atoms with E-state index in [4.69, 9.17) is 4.74 Å². The number of benzene rings is 2. The first kappa shape index (κ1) is 12.7. The highest BCUT2D eigenvalue weighted by Gasteiger charge is 1.98. The van der Waals surface area contributed by atoms with E-state index >= 15 is 0 Å². The summed E-state index contributed by atoms with van der Waals surface area (Å²) in [7, 11) is 1.69. The maximum Gasteiger partial charge on any atom is 0.118 e. The summed E-state index contributed by atoms with van der Waals surface area (Å²) in [6.45, 7) is 4.15. The van der Waals surface area contributed by atoms with Crippen LogP contribution in [0.5, 0.6) is 5.75 Å². The fourth-order valence-corrected chi connectivity index (χ4v) is 2.01. The van der Waals surface area contributed by atoms with Crippen molar-refractivity contribution < 1.29 is 10.1 Å². The molecule has 0 unspecified atom stereocenters. The van der Waals surface area contributed by atoms with E-state index < -0.39 is 0 Å². The van der Waals surface area contributed by atoms with Crippen LogP contribution in [0.25, 0.3) is 0 Å². The number of rotatable bonds is 5. The molecule has 0 spiro atoms. The van der Waals surface area contributed by atoms with Crippen molar-refractivity contribution in [2.75, 3.05) is 7.11 Å². The number of nitrogens with two attached hydrogens (primary N) is 1. The topological polar surface area (TPSA) is 25.8 Å². The smallest absolute Gasteiger partial charge is 0.118 e. The molecule has 0 aliphatic heterocycles. The zero-order chi connectivity index (χ0) is 12.8. The Morgan fingerprint density at radius 1 is 0.944 bits per heavy atom. The fraction of sp³-hybridized carbons (Fsp3) is 0.250. The van der Waals surface area contributed by atoms with Crippen LogP contribution in [-0.2, 0) is 13.1 Å². The van der Waals surface area contributed by atoms with Gasteiger partial charge in [-0.15, -0.1) is 0 Å². The molecule has 2 nitrogen and oxygen atoms in total. The van der Waals surface area contributed by atoms with Gasteiger partial charge in [0.25, 0.3) is 0 Å². The van der Waals surface area contributed by atoms with Crippen LogP contribution in [0.2, 0.25) is 0 Å². The summed E-state index contributed by atoms with van der Waals surface area (Å²) in [5, 5.41) is 2.32. The Labute approximate surface area is 109 Å². The molecule has 0 radical (unpaired) electrons. The van der Waals surface area contributed by atoms with Crippen molar-refractivity contribution in [3.8, 4) is 5.75 Å². The molecule has 0 saturated heterocycles. The van der Waals surface area contributed by atoms with Crippen molar-refractivity contribution >= 4 is 0 Å². The molecule has 0 bridgehead atoms. The largest absolute Gasteiger partial charge is 0.497 e. The lowest BCUT2D eigenvalue weighted by Crippen LogP contribution is -2.80. The first-order valence-corrected chi connectivity index (χ1v) is 6.28. The molecule has 18 heavy (non-hydrogen) atoms. The van der Waals surface area contributed by atoms with Gasteiger partial charge in [0.1, 0.15) is 18.8 Å². The molecule has 0 atom stereocenters. The minimum atomic E-state index is 0.914. The third-order valence-electron chi connectivity index (χ3n) is 3.00. The Morgan fingerprint density at radius 3 is 2.33 bits per heavy atom. The van der Waals surface area contributed by atoms with Crippen LogP contribution in [-0.4, -0.2) is 7.11 Å². The Kier molecular flexibility index (Phi) is 4.37. The Morgan fingerprint density at radius 2 is 1.67 bits per heavy atom. The molecule has 0 saturated carbocycles. The summed E-state index contributed by atoms with van der Waals surface area (Å²) >= 11 is 0. The summed E-state index contributed by atoms with van der Waals surface area (Å²) in [6, 6.07) is 16.9. The minimum Gasteiger partial charge on any atom is -0.497 e. The second kappa shape index (κ2) is 6.22. The second-order valence-corrected chi connectivity index (χ2v) is 4.53. The first-order valence-electron chi connectivity index (χ1n) is 6.28. The standard InChI is InChI=1S/C16H19NO/c1-13-4-3-5-15(10-13)12-17-11-14-6-8-16(18-2)9-7-14/h3-10,17H,11-12H2,1-2H3/p+1. The van der Waals surface area contributed by atoms with Crippen molar-refractivity contribution in [3.05, 3.63) is 65.2 Å². The third kappa shape index (κ3) is 3.60. The average molecular weight is 242 g/mol. The maximum atomic E-state index is 5.15. The number of ether oxygens (including phenoxy) is 1. The predicted octanol–water partition coefficient (Wildman–Crippen LogP) is 2.27. The summed E-state index contributed by atoms with van der Waals surface area (Å²) in [4.78, 5) is 0. The quantitative estimate of drug-likeness (QED) is 0.855. The van der Waals surface area contributed by atoms with Crippen LogP contribution < -0.4 is 10.1 Å². The number of hydrogen-bond donors (Lipinski definition) is 1. The van der Waals surface area contributed by atoms with Crippen LogP contribution in [0.1, 0.15) is 16.7 Å². The summed E-state index contributed by atoms with van der Waals surface area (Å²) in [5.41, 5.74) is 4.03. The van der Waals surface area contributed by atoms with Crippen LogP contribution in [0.15, 0.2) is 48.5 Å². The molecule has 2 N–H and O–H groups in total. The molecule has 0 aromatic heterocycles. The maximum absolute atomic E-state index is 5.15. The van der Waals surface area contributed by atoms with Crippen molar-refractivity contribution in [2.45, 2.75) is 20.0 Å². The van der Waals surface area contributed by atoms with Crippen LogP contribution >= 0.6 is 0 Å². The highest BCUT2D eigenvalue weighted by atomic mass is 16.5. The van der Waals surface area contributed by atoms with Crippen molar-refractivity contribution in [2.24, 2.45) is 0 Å². The fourth-order valence-electron chi connectivity index (χ4n) is 2.01. The second-order valence-electron chi connectivity index (χ2n) is 4.53. The molecule has 0 aliphatic carbocycles. The van der Waals surface area contributed by atoms with Crippen molar-refractivity contribution in [1.29, 1.82) is 0 Å². The van der Waals surface area contributed by atoms with Gasteiger partial charge < -0.3 is 10.1 Å². The molecular formula is C16H20NO+. The van der Waals surface area contributed by atoms with Gasteiger partial charge in [0, 0.05) is 11.1 Å². The van der Waals surface area contributed by atoms with Gasteiger partial charge in [-0.2, -0.15) is 0 Å². The normalized spacial score (nSPS) is 10.3. The summed E-state index contributed by atoms with van der Waals surface area (Å²) in [5.74, 6) is 0.914. The molecule has 0 amide bonds. The highest BCUT2D eigenvalue weighted by Crippen LogP contribution is 2.10. The number of aryl methyl sites for hydroxylation is 1. The van der Waals surface area contributed by atoms with Gasteiger partial charge in [-0.3, -0.25) is 0 Å². The Bertz CT molecular complexity index is 491. The molecule has 2 aromatic carbocycles. The monoisotopic (exact) mass is 242 g/mol. The van der Waals surface area contributed by atoms with Gasteiger partial charge in [-0.1, -0.05) is 29.8 Å². The van der Waals surface area contributed by atoms with Crippen LogP contribution in [0.4, 0.5) is 0 Å². The van der Waals surface area contributed by atoms with Gasteiger partial charge in [0.15, 0.2) is 0 Å². The van der Waals surface area contributed by atoms with E-state index in [1.54, 1.807) is 7.11 Å². The lowest BCUT2D eigenvalue weighted by Gasteiger charge is -2.04. The van der Waals surface area contributed by atoms with E-state index in [2.05, 4.69) is 48.6 Å². The third-order valence-corrected chi connectivity index (χ3v) is 3.00. The molecule has 2 rings (SSSR count). The molecule has 0 fully saturated rings. The summed E-state index contributed by atoms with van der Waals surface area (Å²) in [6.07, 6.45) is 0. The number of quaternary nitrogens is 1. The Hall–Kier alpha value is -1.80. The van der Waals surface area contributed by atoms with Gasteiger partial charge in [-0.05, 0) is 31.2 Å². The van der Waals surface area contributed by atoms with E-state index in [9.17, 15) is 0 Å². The zero-order valence-electron chi connectivity index (χ0n) is 11.0. The lowest BCUT2D eigenvalue weighted by atomic mass is 10.1. The van der Waals surface area contributed by atoms with Crippen LogP contribution in [0.3, 0.4) is 0 Å². The highest BCUT2D eigenvalue weighted by molar-refractivity contribution is 5.26. The average Bonchev–Trinajstić information content (AvgIpc) is 2.40. The molecule has 94 valence electrons. The predicted molar refractivity (Wildman–Crippen MR) is 73.5 cm³/mol. The summed E-state index contributed by atoms with van der Waals surface area (Å²) < 4.78 is 5.15. The minimum absolute atomic E-state index is 0.914. The van der Waals surface area contributed by atoms with E-state index in [0.717, 1.165) is 18.8 Å².